The van der Waals surface area contributed by atoms with E-state index in [0.29, 0.717) is 18.7 Å². The smallest absolute Gasteiger partial charge is 0.0733 e. The molecule has 0 spiro atoms. The zero-order valence-electron chi connectivity index (χ0n) is 11.6. The quantitative estimate of drug-likeness (QED) is 0.885. The van der Waals surface area contributed by atoms with Gasteiger partial charge in [-0.1, -0.05) is 25.1 Å². The summed E-state index contributed by atoms with van der Waals surface area (Å²) in [7, 11) is 1.76. The molecule has 1 aliphatic heterocycles. The van der Waals surface area contributed by atoms with Crippen LogP contribution in [-0.2, 0) is 11.3 Å². The minimum atomic E-state index is 0.545. The molecule has 1 aromatic carbocycles. The van der Waals surface area contributed by atoms with Crippen molar-refractivity contribution in [2.24, 2.45) is 0 Å². The lowest BCUT2D eigenvalue weighted by Gasteiger charge is -2.41. The second kappa shape index (κ2) is 6.21. The lowest BCUT2D eigenvalue weighted by molar-refractivity contribution is 0.185. The summed E-state index contributed by atoms with van der Waals surface area (Å²) in [5, 5.41) is 3.56. The third-order valence-corrected chi connectivity index (χ3v) is 3.69. The second-order valence-electron chi connectivity index (χ2n) is 5.09. The van der Waals surface area contributed by atoms with Crippen molar-refractivity contribution in [1.29, 1.82) is 0 Å². The Kier molecular flexibility index (Phi) is 4.61. The van der Waals surface area contributed by atoms with Crippen LogP contribution >= 0.6 is 0 Å². The van der Waals surface area contributed by atoms with Crippen molar-refractivity contribution in [1.82, 2.24) is 5.32 Å². The highest BCUT2D eigenvalue weighted by Crippen LogP contribution is 2.26. The van der Waals surface area contributed by atoms with Gasteiger partial charge in [0.05, 0.1) is 6.61 Å². The van der Waals surface area contributed by atoms with Crippen LogP contribution < -0.4 is 10.2 Å². The summed E-state index contributed by atoms with van der Waals surface area (Å²) in [4.78, 5) is 2.54. The van der Waals surface area contributed by atoms with Crippen LogP contribution in [0.4, 0.5) is 5.69 Å². The number of para-hydroxylation sites is 1. The van der Waals surface area contributed by atoms with Gasteiger partial charge < -0.3 is 15.0 Å². The van der Waals surface area contributed by atoms with E-state index < -0.39 is 0 Å². The number of anilines is 1. The predicted octanol–water partition coefficient (Wildman–Crippen LogP) is 2.41. The van der Waals surface area contributed by atoms with Crippen molar-refractivity contribution in [3.8, 4) is 0 Å². The fraction of sp³-hybridized carbons (Fsp3) is 0.600. The summed E-state index contributed by atoms with van der Waals surface area (Å²) >= 11 is 0. The van der Waals surface area contributed by atoms with E-state index in [9.17, 15) is 0 Å². The van der Waals surface area contributed by atoms with Crippen LogP contribution in [-0.4, -0.2) is 32.3 Å². The summed E-state index contributed by atoms with van der Waals surface area (Å²) in [5.74, 6) is 0. The van der Waals surface area contributed by atoms with Crippen molar-refractivity contribution >= 4 is 5.69 Å². The third-order valence-electron chi connectivity index (χ3n) is 3.69. The minimum absolute atomic E-state index is 0.545. The number of hydrogen-bond acceptors (Lipinski definition) is 3. The molecule has 1 fully saturated rings. The summed E-state index contributed by atoms with van der Waals surface area (Å²) in [6, 6.07) is 9.72. The molecule has 3 heteroatoms. The van der Waals surface area contributed by atoms with Gasteiger partial charge in [-0.15, -0.1) is 0 Å². The first kappa shape index (κ1) is 13.4. The average molecular weight is 248 g/mol. The third kappa shape index (κ3) is 2.85. The Bertz CT molecular complexity index is 381. The van der Waals surface area contributed by atoms with Gasteiger partial charge in [-0.25, -0.2) is 0 Å². The van der Waals surface area contributed by atoms with Gasteiger partial charge in [0, 0.05) is 43.5 Å². The fourth-order valence-corrected chi connectivity index (χ4v) is 2.68. The number of hydrogen-bond donors (Lipinski definition) is 1. The molecule has 0 radical (unpaired) electrons. The zero-order valence-corrected chi connectivity index (χ0v) is 11.6. The van der Waals surface area contributed by atoms with E-state index in [2.05, 4.69) is 48.3 Å². The minimum Gasteiger partial charge on any atom is -0.380 e. The van der Waals surface area contributed by atoms with Crippen molar-refractivity contribution in [3.05, 3.63) is 29.8 Å². The number of ether oxygens (including phenoxy) is 1. The maximum Gasteiger partial charge on any atom is 0.0733 e. The molecular weight excluding hydrogens is 224 g/mol. The van der Waals surface area contributed by atoms with E-state index >= 15 is 0 Å². The standard InChI is InChI=1S/C15H24N2O/c1-4-14-9-16-12(2)10-17(14)15-8-6-5-7-13(15)11-18-3/h5-8,12,14,16H,4,9-11H2,1-3H3. The van der Waals surface area contributed by atoms with E-state index in [1.807, 2.05) is 0 Å². The molecular formula is C15H24N2O. The first-order chi connectivity index (χ1) is 8.76. The molecule has 3 nitrogen and oxygen atoms in total. The molecule has 1 heterocycles. The molecule has 1 aromatic rings. The Morgan fingerprint density at radius 1 is 1.39 bits per heavy atom. The summed E-state index contributed by atoms with van der Waals surface area (Å²) in [6.07, 6.45) is 1.17. The fourth-order valence-electron chi connectivity index (χ4n) is 2.68. The number of rotatable bonds is 4. The highest BCUT2D eigenvalue weighted by Gasteiger charge is 2.25. The Morgan fingerprint density at radius 2 is 2.17 bits per heavy atom. The van der Waals surface area contributed by atoms with Crippen LogP contribution in [0.3, 0.4) is 0 Å². The van der Waals surface area contributed by atoms with Gasteiger partial charge in [-0.05, 0) is 19.4 Å². The van der Waals surface area contributed by atoms with Crippen molar-refractivity contribution in [3.63, 3.8) is 0 Å². The average Bonchev–Trinajstić information content (AvgIpc) is 2.40. The SMILES string of the molecule is CCC1CNC(C)CN1c1ccccc1COC. The Hall–Kier alpha value is -1.06. The number of nitrogens with one attached hydrogen (secondary N) is 1. The molecule has 0 bridgehead atoms. The van der Waals surface area contributed by atoms with Gasteiger partial charge in [0.15, 0.2) is 0 Å². The topological polar surface area (TPSA) is 24.5 Å². The molecule has 0 amide bonds. The lowest BCUT2D eigenvalue weighted by atomic mass is 10.0. The first-order valence-electron chi connectivity index (χ1n) is 6.83. The van der Waals surface area contributed by atoms with Crippen LogP contribution in [0.15, 0.2) is 24.3 Å². The normalized spacial score (nSPS) is 24.3. The van der Waals surface area contributed by atoms with Crippen LogP contribution in [0.1, 0.15) is 25.8 Å². The predicted molar refractivity (Wildman–Crippen MR) is 76.0 cm³/mol. The van der Waals surface area contributed by atoms with E-state index in [1.165, 1.54) is 17.7 Å². The van der Waals surface area contributed by atoms with Crippen LogP contribution in [0.25, 0.3) is 0 Å². The molecule has 0 aromatic heterocycles. The molecule has 1 aliphatic rings. The zero-order chi connectivity index (χ0) is 13.0. The maximum atomic E-state index is 5.31. The highest BCUT2D eigenvalue weighted by atomic mass is 16.5. The summed E-state index contributed by atoms with van der Waals surface area (Å²) in [5.41, 5.74) is 2.62. The maximum absolute atomic E-state index is 5.31. The number of benzene rings is 1. The number of methoxy groups -OCH3 is 1. The van der Waals surface area contributed by atoms with E-state index in [-0.39, 0.29) is 0 Å². The summed E-state index contributed by atoms with van der Waals surface area (Å²) in [6.45, 7) is 7.33. The Labute approximate surface area is 110 Å². The van der Waals surface area contributed by atoms with Gasteiger partial charge in [0.2, 0.25) is 0 Å². The van der Waals surface area contributed by atoms with Gasteiger partial charge in [0.25, 0.3) is 0 Å². The van der Waals surface area contributed by atoms with Crippen molar-refractivity contribution in [2.75, 3.05) is 25.1 Å². The molecule has 0 aliphatic carbocycles. The molecule has 1 N–H and O–H groups in total. The monoisotopic (exact) mass is 248 g/mol. The van der Waals surface area contributed by atoms with Gasteiger partial charge >= 0.3 is 0 Å². The van der Waals surface area contributed by atoms with Crippen LogP contribution in [0, 0.1) is 0 Å². The van der Waals surface area contributed by atoms with Crippen molar-refractivity contribution in [2.45, 2.75) is 39.0 Å². The Balaban J connectivity index is 2.26. The van der Waals surface area contributed by atoms with Gasteiger partial charge in [-0.2, -0.15) is 0 Å². The molecule has 100 valence electrons. The van der Waals surface area contributed by atoms with Crippen LogP contribution in [0.2, 0.25) is 0 Å². The molecule has 0 saturated carbocycles. The van der Waals surface area contributed by atoms with E-state index in [0.717, 1.165) is 13.1 Å². The number of nitrogens with zero attached hydrogens (tertiary/aromatic N) is 1. The van der Waals surface area contributed by atoms with Gasteiger partial charge in [0.1, 0.15) is 0 Å². The summed E-state index contributed by atoms with van der Waals surface area (Å²) < 4.78 is 5.31. The van der Waals surface area contributed by atoms with Crippen LogP contribution in [0.5, 0.6) is 0 Å². The second-order valence-corrected chi connectivity index (χ2v) is 5.09. The molecule has 2 rings (SSSR count). The molecule has 1 saturated heterocycles. The molecule has 2 atom stereocenters. The van der Waals surface area contributed by atoms with E-state index in [4.69, 9.17) is 4.74 Å². The van der Waals surface area contributed by atoms with E-state index in [1.54, 1.807) is 7.11 Å². The Morgan fingerprint density at radius 3 is 2.89 bits per heavy atom. The molecule has 18 heavy (non-hydrogen) atoms. The number of piperazine rings is 1. The molecule has 2 unspecified atom stereocenters. The lowest BCUT2D eigenvalue weighted by Crippen LogP contribution is -2.55. The highest BCUT2D eigenvalue weighted by molar-refractivity contribution is 5.55. The largest absolute Gasteiger partial charge is 0.380 e. The van der Waals surface area contributed by atoms with Gasteiger partial charge in [-0.3, -0.25) is 0 Å². The van der Waals surface area contributed by atoms with Crippen molar-refractivity contribution < 1.29 is 4.74 Å². The first-order valence-corrected chi connectivity index (χ1v) is 6.83.